The summed E-state index contributed by atoms with van der Waals surface area (Å²) >= 11 is 1.63. The SMILES string of the molecule is Cc1ccc([C@H]2CC(c3cccc(F)c3)=NN2C(=O)c2ccco2)s1. The number of halogens is 1. The van der Waals surface area contributed by atoms with E-state index in [4.69, 9.17) is 4.42 Å². The molecule has 0 saturated carbocycles. The zero-order valence-electron chi connectivity index (χ0n) is 13.5. The van der Waals surface area contributed by atoms with Gasteiger partial charge in [-0.25, -0.2) is 9.40 Å². The van der Waals surface area contributed by atoms with Crippen LogP contribution in [0.5, 0.6) is 0 Å². The highest BCUT2D eigenvalue weighted by Crippen LogP contribution is 2.37. The highest BCUT2D eigenvalue weighted by molar-refractivity contribution is 7.12. The fraction of sp³-hybridized carbons (Fsp3) is 0.158. The second kappa shape index (κ2) is 6.29. The highest BCUT2D eigenvalue weighted by atomic mass is 32.1. The normalized spacial score (nSPS) is 17.0. The van der Waals surface area contributed by atoms with E-state index in [2.05, 4.69) is 5.10 Å². The molecule has 0 fully saturated rings. The Morgan fingerprint density at radius 2 is 2.16 bits per heavy atom. The number of hydrogen-bond acceptors (Lipinski definition) is 4. The molecule has 0 radical (unpaired) electrons. The zero-order chi connectivity index (χ0) is 17.4. The molecule has 126 valence electrons. The van der Waals surface area contributed by atoms with Crippen LogP contribution in [-0.4, -0.2) is 16.6 Å². The van der Waals surface area contributed by atoms with E-state index in [9.17, 15) is 9.18 Å². The van der Waals surface area contributed by atoms with Gasteiger partial charge >= 0.3 is 5.91 Å². The van der Waals surface area contributed by atoms with Gasteiger partial charge in [-0.2, -0.15) is 5.10 Å². The van der Waals surface area contributed by atoms with Crippen molar-refractivity contribution in [1.82, 2.24) is 5.01 Å². The van der Waals surface area contributed by atoms with Crippen LogP contribution in [0.2, 0.25) is 0 Å². The lowest BCUT2D eigenvalue weighted by molar-refractivity contribution is 0.0681. The summed E-state index contributed by atoms with van der Waals surface area (Å²) in [5.41, 5.74) is 1.38. The van der Waals surface area contributed by atoms with Gasteiger partial charge < -0.3 is 4.42 Å². The fourth-order valence-electron chi connectivity index (χ4n) is 2.91. The lowest BCUT2D eigenvalue weighted by Crippen LogP contribution is -2.26. The molecule has 0 saturated heterocycles. The standard InChI is InChI=1S/C19H15FN2O2S/c1-12-7-8-18(25-12)16-11-15(13-4-2-5-14(20)10-13)21-22(16)19(23)17-6-3-9-24-17/h2-10,16H,11H2,1H3/t16-/m1/s1. The van der Waals surface area contributed by atoms with Gasteiger partial charge in [0.05, 0.1) is 18.0 Å². The van der Waals surface area contributed by atoms with Crippen molar-refractivity contribution in [3.05, 3.63) is 81.7 Å². The predicted octanol–water partition coefficient (Wildman–Crippen LogP) is 4.78. The molecular formula is C19H15FN2O2S. The number of furan rings is 1. The van der Waals surface area contributed by atoms with Crippen LogP contribution < -0.4 is 0 Å². The molecule has 1 aliphatic heterocycles. The quantitative estimate of drug-likeness (QED) is 0.679. The number of benzene rings is 1. The molecule has 4 nitrogen and oxygen atoms in total. The van der Waals surface area contributed by atoms with Crippen molar-refractivity contribution in [1.29, 1.82) is 0 Å². The average Bonchev–Trinajstić information content (AvgIpc) is 3.34. The Morgan fingerprint density at radius 3 is 2.84 bits per heavy atom. The van der Waals surface area contributed by atoms with Gasteiger partial charge in [0.2, 0.25) is 0 Å². The summed E-state index contributed by atoms with van der Waals surface area (Å²) in [6.07, 6.45) is 2.00. The molecule has 3 heterocycles. The van der Waals surface area contributed by atoms with Crippen LogP contribution >= 0.6 is 11.3 Å². The molecule has 0 unspecified atom stereocenters. The minimum Gasteiger partial charge on any atom is -0.459 e. The summed E-state index contributed by atoms with van der Waals surface area (Å²) in [4.78, 5) is 15.0. The third-order valence-corrected chi connectivity index (χ3v) is 5.20. The van der Waals surface area contributed by atoms with E-state index in [0.29, 0.717) is 17.7 Å². The number of thiophene rings is 1. The summed E-state index contributed by atoms with van der Waals surface area (Å²) in [6, 6.07) is 13.4. The van der Waals surface area contributed by atoms with E-state index in [1.54, 1.807) is 35.6 Å². The number of carbonyl (C=O) groups is 1. The maximum absolute atomic E-state index is 13.6. The first-order valence-electron chi connectivity index (χ1n) is 7.88. The number of hydrazone groups is 1. The van der Waals surface area contributed by atoms with E-state index in [1.807, 2.05) is 19.1 Å². The van der Waals surface area contributed by atoms with Crippen LogP contribution in [0.1, 0.15) is 38.3 Å². The third-order valence-electron chi connectivity index (χ3n) is 4.10. The molecule has 1 atom stereocenters. The van der Waals surface area contributed by atoms with Crippen LogP contribution in [0.3, 0.4) is 0 Å². The Balaban J connectivity index is 1.73. The molecule has 3 aromatic rings. The van der Waals surface area contributed by atoms with Crippen LogP contribution in [-0.2, 0) is 0 Å². The Labute approximate surface area is 148 Å². The van der Waals surface area contributed by atoms with Crippen molar-refractivity contribution in [3.63, 3.8) is 0 Å². The predicted molar refractivity (Wildman–Crippen MR) is 94.2 cm³/mol. The molecule has 0 N–H and O–H groups in total. The summed E-state index contributed by atoms with van der Waals surface area (Å²) in [5, 5.41) is 5.95. The van der Waals surface area contributed by atoms with E-state index < -0.39 is 0 Å². The average molecular weight is 354 g/mol. The molecule has 25 heavy (non-hydrogen) atoms. The van der Waals surface area contributed by atoms with Gasteiger partial charge in [0, 0.05) is 21.7 Å². The molecule has 4 rings (SSSR count). The third kappa shape index (κ3) is 3.00. The number of rotatable bonds is 3. The van der Waals surface area contributed by atoms with E-state index >= 15 is 0 Å². The van der Waals surface area contributed by atoms with Crippen molar-refractivity contribution in [2.75, 3.05) is 0 Å². The summed E-state index contributed by atoms with van der Waals surface area (Å²) < 4.78 is 18.8. The first-order valence-corrected chi connectivity index (χ1v) is 8.70. The van der Waals surface area contributed by atoms with Crippen LogP contribution in [0.4, 0.5) is 4.39 Å². The number of amides is 1. The summed E-state index contributed by atoms with van der Waals surface area (Å²) in [6.45, 7) is 2.02. The molecule has 0 bridgehead atoms. The summed E-state index contributed by atoms with van der Waals surface area (Å²) in [5.74, 6) is -0.380. The van der Waals surface area contributed by atoms with Crippen molar-refractivity contribution in [2.45, 2.75) is 19.4 Å². The van der Waals surface area contributed by atoms with Crippen LogP contribution in [0.15, 0.2) is 64.3 Å². The molecule has 1 aliphatic rings. The van der Waals surface area contributed by atoms with Gasteiger partial charge in [-0.15, -0.1) is 11.3 Å². The van der Waals surface area contributed by atoms with Gasteiger partial charge in [-0.05, 0) is 43.3 Å². The lowest BCUT2D eigenvalue weighted by Gasteiger charge is -2.19. The molecule has 1 amide bonds. The second-order valence-corrected chi connectivity index (χ2v) is 7.17. The Kier molecular flexibility index (Phi) is 3.97. The van der Waals surface area contributed by atoms with E-state index in [0.717, 1.165) is 4.88 Å². The van der Waals surface area contributed by atoms with Gasteiger partial charge in [0.15, 0.2) is 5.76 Å². The van der Waals surface area contributed by atoms with Gasteiger partial charge in [0.25, 0.3) is 0 Å². The van der Waals surface area contributed by atoms with Crippen molar-refractivity contribution >= 4 is 23.0 Å². The van der Waals surface area contributed by atoms with E-state index in [-0.39, 0.29) is 23.5 Å². The summed E-state index contributed by atoms with van der Waals surface area (Å²) in [7, 11) is 0. The van der Waals surface area contributed by atoms with Crippen molar-refractivity contribution in [2.24, 2.45) is 5.10 Å². The van der Waals surface area contributed by atoms with Crippen LogP contribution in [0, 0.1) is 12.7 Å². The van der Waals surface area contributed by atoms with Crippen molar-refractivity contribution in [3.8, 4) is 0 Å². The second-order valence-electron chi connectivity index (χ2n) is 5.85. The molecule has 1 aromatic carbocycles. The van der Waals surface area contributed by atoms with Crippen molar-refractivity contribution < 1.29 is 13.6 Å². The number of carbonyl (C=O) groups excluding carboxylic acids is 1. The molecule has 2 aromatic heterocycles. The fourth-order valence-corrected chi connectivity index (χ4v) is 3.87. The molecular weight excluding hydrogens is 339 g/mol. The maximum Gasteiger partial charge on any atom is 0.310 e. The molecule has 0 aliphatic carbocycles. The first kappa shape index (κ1) is 15.8. The highest BCUT2D eigenvalue weighted by Gasteiger charge is 2.35. The number of hydrogen-bond donors (Lipinski definition) is 0. The number of aryl methyl sites for hydroxylation is 1. The Bertz CT molecular complexity index is 946. The minimum absolute atomic E-state index is 0.213. The lowest BCUT2D eigenvalue weighted by atomic mass is 10.0. The van der Waals surface area contributed by atoms with Crippen LogP contribution in [0.25, 0.3) is 0 Å². The molecule has 0 spiro atoms. The Hall–Kier alpha value is -2.73. The smallest absolute Gasteiger partial charge is 0.310 e. The topological polar surface area (TPSA) is 45.8 Å². The maximum atomic E-state index is 13.6. The number of nitrogens with zero attached hydrogens (tertiary/aromatic N) is 2. The van der Waals surface area contributed by atoms with Gasteiger partial charge in [0.1, 0.15) is 5.82 Å². The Morgan fingerprint density at radius 1 is 1.28 bits per heavy atom. The largest absolute Gasteiger partial charge is 0.459 e. The van der Waals surface area contributed by atoms with E-state index in [1.165, 1.54) is 28.3 Å². The minimum atomic E-state index is -0.320. The molecule has 6 heteroatoms. The monoisotopic (exact) mass is 354 g/mol. The zero-order valence-corrected chi connectivity index (χ0v) is 14.3. The first-order chi connectivity index (χ1) is 12.1. The van der Waals surface area contributed by atoms with Gasteiger partial charge in [-0.1, -0.05) is 12.1 Å². The van der Waals surface area contributed by atoms with Gasteiger partial charge in [-0.3, -0.25) is 4.79 Å².